The zero-order valence-electron chi connectivity index (χ0n) is 11.5. The second-order valence-corrected chi connectivity index (χ2v) is 5.18. The number of hydrogen-bond acceptors (Lipinski definition) is 1. The molecule has 18 heavy (non-hydrogen) atoms. The Hall–Kier alpha value is -0.760. The quantitative estimate of drug-likeness (QED) is 0.500. The second-order valence-electron chi connectivity index (χ2n) is 4.91. The predicted octanol–water partition coefficient (Wildman–Crippen LogP) is 4.97. The van der Waals surface area contributed by atoms with E-state index < -0.39 is 0 Å². The molecule has 1 aromatic carbocycles. The zero-order valence-corrected chi connectivity index (χ0v) is 12.3. The van der Waals surface area contributed by atoms with Crippen molar-refractivity contribution in [2.24, 2.45) is 0 Å². The SMILES string of the molecule is CCCCCN(c1ccc(CCl)cc1F)C(C)C. The molecule has 0 aliphatic rings. The summed E-state index contributed by atoms with van der Waals surface area (Å²) in [6.45, 7) is 7.28. The van der Waals surface area contributed by atoms with E-state index in [2.05, 4.69) is 25.7 Å². The maximum atomic E-state index is 14.1. The second kappa shape index (κ2) is 7.63. The number of benzene rings is 1. The number of rotatable bonds is 7. The highest BCUT2D eigenvalue weighted by Gasteiger charge is 2.14. The molecule has 0 saturated carbocycles. The first-order chi connectivity index (χ1) is 8.60. The molecule has 1 aromatic rings. The first kappa shape index (κ1) is 15.3. The fraction of sp³-hybridized carbons (Fsp3) is 0.600. The Morgan fingerprint density at radius 1 is 1.28 bits per heavy atom. The van der Waals surface area contributed by atoms with E-state index >= 15 is 0 Å². The van der Waals surface area contributed by atoms with Crippen molar-refractivity contribution < 1.29 is 4.39 Å². The summed E-state index contributed by atoms with van der Waals surface area (Å²) in [7, 11) is 0. The third-order valence-electron chi connectivity index (χ3n) is 3.10. The first-order valence-corrected chi connectivity index (χ1v) is 7.24. The van der Waals surface area contributed by atoms with Crippen molar-refractivity contribution in [1.29, 1.82) is 0 Å². The first-order valence-electron chi connectivity index (χ1n) is 6.71. The van der Waals surface area contributed by atoms with Gasteiger partial charge in [0, 0.05) is 18.5 Å². The van der Waals surface area contributed by atoms with E-state index in [0.717, 1.165) is 18.5 Å². The third kappa shape index (κ3) is 4.16. The Balaban J connectivity index is 2.84. The summed E-state index contributed by atoms with van der Waals surface area (Å²) in [6.07, 6.45) is 3.47. The molecule has 0 aliphatic carbocycles. The molecule has 1 nitrogen and oxygen atoms in total. The van der Waals surface area contributed by atoms with Crippen LogP contribution in [0, 0.1) is 5.82 Å². The Morgan fingerprint density at radius 2 is 2.00 bits per heavy atom. The zero-order chi connectivity index (χ0) is 13.5. The van der Waals surface area contributed by atoms with Crippen molar-refractivity contribution >= 4 is 17.3 Å². The van der Waals surface area contributed by atoms with E-state index in [-0.39, 0.29) is 5.82 Å². The molecule has 0 unspecified atom stereocenters. The molecular formula is C15H23ClFN. The van der Waals surface area contributed by atoms with Gasteiger partial charge in [-0.2, -0.15) is 0 Å². The van der Waals surface area contributed by atoms with Gasteiger partial charge in [-0.3, -0.25) is 0 Å². The van der Waals surface area contributed by atoms with Gasteiger partial charge in [0.1, 0.15) is 5.82 Å². The summed E-state index contributed by atoms with van der Waals surface area (Å²) in [5.74, 6) is 0.188. The number of nitrogens with zero attached hydrogens (tertiary/aromatic N) is 1. The molecule has 0 heterocycles. The van der Waals surface area contributed by atoms with Crippen molar-refractivity contribution in [1.82, 2.24) is 0 Å². The van der Waals surface area contributed by atoms with Crippen LogP contribution in [0.1, 0.15) is 45.6 Å². The number of hydrogen-bond donors (Lipinski definition) is 0. The Kier molecular flexibility index (Phi) is 6.48. The largest absolute Gasteiger partial charge is 0.367 e. The van der Waals surface area contributed by atoms with Gasteiger partial charge < -0.3 is 4.90 Å². The molecule has 0 aromatic heterocycles. The summed E-state index contributed by atoms with van der Waals surface area (Å²) in [6, 6.07) is 5.59. The summed E-state index contributed by atoms with van der Waals surface area (Å²) in [4.78, 5) is 2.13. The fourth-order valence-corrected chi connectivity index (χ4v) is 2.22. The minimum atomic E-state index is -0.168. The average Bonchev–Trinajstić information content (AvgIpc) is 2.35. The number of alkyl halides is 1. The standard InChI is InChI=1S/C15H23ClFN/c1-4-5-6-9-18(12(2)3)15-8-7-13(11-16)10-14(15)17/h7-8,10,12H,4-6,9,11H2,1-3H3. The van der Waals surface area contributed by atoms with Crippen molar-refractivity contribution in [3.8, 4) is 0 Å². The van der Waals surface area contributed by atoms with E-state index in [1.165, 1.54) is 18.9 Å². The average molecular weight is 272 g/mol. The van der Waals surface area contributed by atoms with Gasteiger partial charge in [-0.25, -0.2) is 4.39 Å². The molecule has 102 valence electrons. The Labute approximate surface area is 115 Å². The van der Waals surface area contributed by atoms with Crippen LogP contribution >= 0.6 is 11.6 Å². The predicted molar refractivity (Wildman–Crippen MR) is 78.0 cm³/mol. The van der Waals surface area contributed by atoms with Gasteiger partial charge in [0.2, 0.25) is 0 Å². The summed E-state index contributed by atoms with van der Waals surface area (Å²) >= 11 is 5.72. The minimum absolute atomic E-state index is 0.168. The molecule has 0 aliphatic heterocycles. The fourth-order valence-electron chi connectivity index (χ4n) is 2.06. The van der Waals surface area contributed by atoms with Crippen molar-refractivity contribution in [3.05, 3.63) is 29.6 Å². The van der Waals surface area contributed by atoms with Crippen LogP contribution in [-0.4, -0.2) is 12.6 Å². The normalized spacial score (nSPS) is 11.0. The molecule has 0 bridgehead atoms. The van der Waals surface area contributed by atoms with E-state index in [0.29, 0.717) is 17.6 Å². The topological polar surface area (TPSA) is 3.24 Å². The lowest BCUT2D eigenvalue weighted by atomic mass is 10.1. The van der Waals surface area contributed by atoms with E-state index in [1.54, 1.807) is 0 Å². The van der Waals surface area contributed by atoms with E-state index in [4.69, 9.17) is 11.6 Å². The molecule has 1 rings (SSSR count). The van der Waals surface area contributed by atoms with Crippen LogP contribution in [0.5, 0.6) is 0 Å². The lowest BCUT2D eigenvalue weighted by Gasteiger charge is -2.29. The van der Waals surface area contributed by atoms with Gasteiger partial charge in [0.05, 0.1) is 5.69 Å². The molecule has 3 heteroatoms. The molecule has 0 amide bonds. The van der Waals surface area contributed by atoms with Crippen molar-refractivity contribution in [3.63, 3.8) is 0 Å². The van der Waals surface area contributed by atoms with Crippen LogP contribution in [-0.2, 0) is 5.88 Å². The number of halogens is 2. The van der Waals surface area contributed by atoms with E-state index in [1.807, 2.05) is 12.1 Å². The number of unbranched alkanes of at least 4 members (excludes halogenated alkanes) is 2. The van der Waals surface area contributed by atoms with Gasteiger partial charge in [-0.05, 0) is 38.0 Å². The maximum Gasteiger partial charge on any atom is 0.146 e. The minimum Gasteiger partial charge on any atom is -0.367 e. The molecular weight excluding hydrogens is 249 g/mol. The van der Waals surface area contributed by atoms with Crippen LogP contribution in [0.3, 0.4) is 0 Å². The van der Waals surface area contributed by atoms with Gasteiger partial charge in [-0.15, -0.1) is 11.6 Å². The highest BCUT2D eigenvalue weighted by molar-refractivity contribution is 6.17. The van der Waals surface area contributed by atoms with Crippen molar-refractivity contribution in [2.75, 3.05) is 11.4 Å². The molecule has 0 atom stereocenters. The maximum absolute atomic E-state index is 14.1. The van der Waals surface area contributed by atoms with Crippen LogP contribution in [0.15, 0.2) is 18.2 Å². The summed E-state index contributed by atoms with van der Waals surface area (Å²) in [5, 5.41) is 0. The van der Waals surface area contributed by atoms with Crippen LogP contribution in [0.2, 0.25) is 0 Å². The Bertz CT molecular complexity index is 366. The Morgan fingerprint density at radius 3 is 2.50 bits per heavy atom. The van der Waals surface area contributed by atoms with Crippen molar-refractivity contribution in [2.45, 2.75) is 52.0 Å². The van der Waals surface area contributed by atoms with Crippen LogP contribution < -0.4 is 4.90 Å². The number of anilines is 1. The highest BCUT2D eigenvalue weighted by atomic mass is 35.5. The molecule has 0 radical (unpaired) electrons. The van der Waals surface area contributed by atoms with E-state index in [9.17, 15) is 4.39 Å². The molecule has 0 saturated heterocycles. The molecule has 0 fully saturated rings. The molecule has 0 spiro atoms. The monoisotopic (exact) mass is 271 g/mol. The van der Waals surface area contributed by atoms with Crippen LogP contribution in [0.4, 0.5) is 10.1 Å². The smallest absolute Gasteiger partial charge is 0.146 e. The third-order valence-corrected chi connectivity index (χ3v) is 3.41. The van der Waals surface area contributed by atoms with Gasteiger partial charge in [0.15, 0.2) is 0 Å². The lowest BCUT2D eigenvalue weighted by Crippen LogP contribution is -2.32. The lowest BCUT2D eigenvalue weighted by molar-refractivity contribution is 0.583. The van der Waals surface area contributed by atoms with Gasteiger partial charge >= 0.3 is 0 Å². The van der Waals surface area contributed by atoms with Gasteiger partial charge in [0.25, 0.3) is 0 Å². The summed E-state index contributed by atoms with van der Waals surface area (Å²) in [5.41, 5.74) is 1.52. The van der Waals surface area contributed by atoms with Crippen LogP contribution in [0.25, 0.3) is 0 Å². The molecule has 0 N–H and O–H groups in total. The summed E-state index contributed by atoms with van der Waals surface area (Å²) < 4.78 is 14.1. The van der Waals surface area contributed by atoms with Gasteiger partial charge in [-0.1, -0.05) is 25.8 Å². The highest BCUT2D eigenvalue weighted by Crippen LogP contribution is 2.24.